The predicted molar refractivity (Wildman–Crippen MR) is 54.9 cm³/mol. The summed E-state index contributed by atoms with van der Waals surface area (Å²) < 4.78 is 0. The minimum atomic E-state index is -0.485. The van der Waals surface area contributed by atoms with Gasteiger partial charge in [0.25, 0.3) is 0 Å². The van der Waals surface area contributed by atoms with Crippen molar-refractivity contribution in [3.05, 3.63) is 11.6 Å². The third kappa shape index (κ3) is 3.47. The average Bonchev–Trinajstić information content (AvgIpc) is 2.14. The Morgan fingerprint density at radius 1 is 1.79 bits per heavy atom. The second kappa shape index (κ2) is 5.12. The van der Waals surface area contributed by atoms with E-state index in [1.807, 2.05) is 13.1 Å². The molecule has 4 nitrogen and oxygen atoms in total. The molecule has 0 aromatic rings. The highest BCUT2D eigenvalue weighted by atomic mass is 16.3. The normalized spacial score (nSPS) is 20.1. The van der Waals surface area contributed by atoms with Gasteiger partial charge in [-0.15, -0.1) is 0 Å². The summed E-state index contributed by atoms with van der Waals surface area (Å²) in [6.45, 7) is 3.68. The van der Waals surface area contributed by atoms with Crippen LogP contribution < -0.4 is 5.32 Å². The number of aliphatic hydroxyl groups is 1. The fraction of sp³-hybridized carbons (Fsp3) is 0.700. The van der Waals surface area contributed by atoms with Crippen LogP contribution in [0.4, 0.5) is 0 Å². The summed E-state index contributed by atoms with van der Waals surface area (Å²) in [6.07, 6.45) is 2.41. The Morgan fingerprint density at radius 2 is 2.50 bits per heavy atom. The van der Waals surface area contributed by atoms with E-state index in [1.54, 1.807) is 6.92 Å². The molecule has 14 heavy (non-hydrogen) atoms. The van der Waals surface area contributed by atoms with E-state index < -0.39 is 6.10 Å². The molecule has 0 radical (unpaired) electrons. The third-order valence-corrected chi connectivity index (χ3v) is 2.19. The monoisotopic (exact) mass is 198 g/mol. The molecule has 1 heterocycles. The molecule has 2 N–H and O–H groups in total. The number of rotatable bonds is 3. The number of hydrogen-bond donors (Lipinski definition) is 2. The van der Waals surface area contributed by atoms with Crippen molar-refractivity contribution in [2.24, 2.45) is 0 Å². The average molecular weight is 198 g/mol. The van der Waals surface area contributed by atoms with Crippen LogP contribution >= 0.6 is 0 Å². The van der Waals surface area contributed by atoms with Crippen molar-refractivity contribution in [1.29, 1.82) is 0 Å². The SMILES string of the molecule is CC(O)CNC(=O)C1=CCCN(C)C1. The molecule has 0 spiro atoms. The van der Waals surface area contributed by atoms with Crippen molar-refractivity contribution < 1.29 is 9.90 Å². The number of nitrogens with one attached hydrogen (secondary N) is 1. The van der Waals surface area contributed by atoms with E-state index in [0.29, 0.717) is 13.1 Å². The van der Waals surface area contributed by atoms with E-state index in [9.17, 15) is 4.79 Å². The summed E-state index contributed by atoms with van der Waals surface area (Å²) in [4.78, 5) is 13.6. The Morgan fingerprint density at radius 3 is 3.07 bits per heavy atom. The van der Waals surface area contributed by atoms with Crippen LogP contribution in [0.5, 0.6) is 0 Å². The number of aliphatic hydroxyl groups excluding tert-OH is 1. The van der Waals surface area contributed by atoms with E-state index in [1.165, 1.54) is 0 Å². The lowest BCUT2D eigenvalue weighted by molar-refractivity contribution is -0.118. The predicted octanol–water partition coefficient (Wildman–Crippen LogP) is -0.255. The molecule has 0 fully saturated rings. The van der Waals surface area contributed by atoms with Crippen molar-refractivity contribution >= 4 is 5.91 Å². The molecule has 0 aromatic heterocycles. The lowest BCUT2D eigenvalue weighted by Gasteiger charge is -2.22. The van der Waals surface area contributed by atoms with E-state index >= 15 is 0 Å². The van der Waals surface area contributed by atoms with E-state index in [0.717, 1.165) is 18.5 Å². The van der Waals surface area contributed by atoms with Gasteiger partial charge < -0.3 is 15.3 Å². The van der Waals surface area contributed by atoms with Gasteiger partial charge in [0.05, 0.1) is 6.10 Å². The van der Waals surface area contributed by atoms with Gasteiger partial charge in [0, 0.05) is 25.2 Å². The Balaban J connectivity index is 2.40. The Kier molecular flexibility index (Phi) is 4.10. The maximum Gasteiger partial charge on any atom is 0.248 e. The standard InChI is InChI=1S/C10H18N2O2/c1-8(13)6-11-10(14)9-4-3-5-12(2)7-9/h4,8,13H,3,5-7H2,1-2H3,(H,11,14). The molecule has 1 unspecified atom stereocenters. The largest absolute Gasteiger partial charge is 0.392 e. The summed E-state index contributed by atoms with van der Waals surface area (Å²) in [5.74, 6) is -0.0579. The van der Waals surface area contributed by atoms with Gasteiger partial charge in [-0.3, -0.25) is 4.79 Å². The zero-order chi connectivity index (χ0) is 10.6. The van der Waals surface area contributed by atoms with Gasteiger partial charge in [-0.1, -0.05) is 6.08 Å². The van der Waals surface area contributed by atoms with E-state index in [2.05, 4.69) is 10.2 Å². The topological polar surface area (TPSA) is 52.6 Å². The zero-order valence-electron chi connectivity index (χ0n) is 8.79. The minimum Gasteiger partial charge on any atom is -0.392 e. The summed E-state index contributed by atoms with van der Waals surface area (Å²) in [5, 5.41) is 11.7. The highest BCUT2D eigenvalue weighted by molar-refractivity contribution is 5.93. The molecule has 0 saturated carbocycles. The fourth-order valence-corrected chi connectivity index (χ4v) is 1.41. The first kappa shape index (κ1) is 11.2. The summed E-state index contributed by atoms with van der Waals surface area (Å²) >= 11 is 0. The molecule has 0 bridgehead atoms. The maximum atomic E-state index is 11.5. The van der Waals surface area contributed by atoms with E-state index in [4.69, 9.17) is 5.11 Å². The molecule has 4 heteroatoms. The highest BCUT2D eigenvalue weighted by Crippen LogP contribution is 2.07. The van der Waals surface area contributed by atoms with Crippen LogP contribution in [-0.2, 0) is 4.79 Å². The zero-order valence-corrected chi connectivity index (χ0v) is 8.79. The molecule has 0 aromatic carbocycles. The van der Waals surface area contributed by atoms with Crippen molar-refractivity contribution in [2.45, 2.75) is 19.4 Å². The molecule has 0 aliphatic carbocycles. The van der Waals surface area contributed by atoms with Crippen LogP contribution in [0.2, 0.25) is 0 Å². The Labute approximate surface area is 84.6 Å². The van der Waals surface area contributed by atoms with Gasteiger partial charge in [-0.2, -0.15) is 0 Å². The fourth-order valence-electron chi connectivity index (χ4n) is 1.41. The van der Waals surface area contributed by atoms with Crippen LogP contribution in [0.1, 0.15) is 13.3 Å². The van der Waals surface area contributed by atoms with Gasteiger partial charge in [-0.25, -0.2) is 0 Å². The van der Waals surface area contributed by atoms with Crippen LogP contribution in [0.15, 0.2) is 11.6 Å². The molecule has 1 aliphatic heterocycles. The Bertz CT molecular complexity index is 236. The molecule has 1 rings (SSSR count). The van der Waals surface area contributed by atoms with Crippen LogP contribution in [-0.4, -0.2) is 48.7 Å². The maximum absolute atomic E-state index is 11.5. The number of likely N-dealkylation sites (N-methyl/N-ethyl adjacent to an activating group) is 1. The second-order valence-corrected chi connectivity index (χ2v) is 3.81. The number of nitrogens with zero attached hydrogens (tertiary/aromatic N) is 1. The molecular weight excluding hydrogens is 180 g/mol. The van der Waals surface area contributed by atoms with Gasteiger partial charge in [0.2, 0.25) is 5.91 Å². The molecule has 1 amide bonds. The van der Waals surface area contributed by atoms with Gasteiger partial charge >= 0.3 is 0 Å². The van der Waals surface area contributed by atoms with Crippen LogP contribution in [0, 0.1) is 0 Å². The van der Waals surface area contributed by atoms with Crippen molar-refractivity contribution in [2.75, 3.05) is 26.7 Å². The number of hydrogen-bond acceptors (Lipinski definition) is 3. The van der Waals surface area contributed by atoms with Crippen molar-refractivity contribution in [3.63, 3.8) is 0 Å². The number of carbonyl (C=O) groups is 1. The molecule has 0 saturated heterocycles. The van der Waals surface area contributed by atoms with Gasteiger partial charge in [0.15, 0.2) is 0 Å². The quantitative estimate of drug-likeness (QED) is 0.657. The van der Waals surface area contributed by atoms with E-state index in [-0.39, 0.29) is 5.91 Å². The summed E-state index contributed by atoms with van der Waals surface area (Å²) in [7, 11) is 1.99. The number of carbonyl (C=O) groups excluding carboxylic acids is 1. The van der Waals surface area contributed by atoms with Crippen LogP contribution in [0.25, 0.3) is 0 Å². The smallest absolute Gasteiger partial charge is 0.248 e. The molecule has 80 valence electrons. The van der Waals surface area contributed by atoms with Crippen LogP contribution in [0.3, 0.4) is 0 Å². The van der Waals surface area contributed by atoms with Crippen molar-refractivity contribution in [1.82, 2.24) is 10.2 Å². The lowest BCUT2D eigenvalue weighted by atomic mass is 10.1. The second-order valence-electron chi connectivity index (χ2n) is 3.81. The van der Waals surface area contributed by atoms with Crippen molar-refractivity contribution in [3.8, 4) is 0 Å². The Hall–Kier alpha value is -0.870. The molecule has 1 aliphatic rings. The third-order valence-electron chi connectivity index (χ3n) is 2.19. The first-order chi connectivity index (χ1) is 6.59. The molecular formula is C10H18N2O2. The van der Waals surface area contributed by atoms with Gasteiger partial charge in [-0.05, 0) is 20.4 Å². The first-order valence-electron chi connectivity index (χ1n) is 4.93. The molecule has 1 atom stereocenters. The summed E-state index contributed by atoms with van der Waals surface area (Å²) in [5.41, 5.74) is 0.805. The number of amides is 1. The first-order valence-corrected chi connectivity index (χ1v) is 4.93. The van der Waals surface area contributed by atoms with Gasteiger partial charge in [0.1, 0.15) is 0 Å². The highest BCUT2D eigenvalue weighted by Gasteiger charge is 2.15. The lowest BCUT2D eigenvalue weighted by Crippen LogP contribution is -2.37. The summed E-state index contributed by atoms with van der Waals surface area (Å²) in [6, 6.07) is 0. The minimum absolute atomic E-state index is 0.0579.